The van der Waals surface area contributed by atoms with Crippen LogP contribution in [-0.2, 0) is 11.2 Å². The van der Waals surface area contributed by atoms with Crippen LogP contribution in [0.4, 0.5) is 4.39 Å². The summed E-state index contributed by atoms with van der Waals surface area (Å²) in [6.07, 6.45) is 4.00. The molecule has 0 heterocycles. The van der Waals surface area contributed by atoms with Crippen LogP contribution in [0.3, 0.4) is 0 Å². The predicted octanol–water partition coefficient (Wildman–Crippen LogP) is 3.64. The summed E-state index contributed by atoms with van der Waals surface area (Å²) >= 11 is 0. The van der Waals surface area contributed by atoms with Crippen molar-refractivity contribution < 1.29 is 13.9 Å². The van der Waals surface area contributed by atoms with E-state index in [4.69, 9.17) is 15.2 Å². The van der Waals surface area contributed by atoms with E-state index in [2.05, 4.69) is 0 Å². The van der Waals surface area contributed by atoms with Gasteiger partial charge in [0.2, 0.25) is 0 Å². The van der Waals surface area contributed by atoms with Gasteiger partial charge in [-0.3, -0.25) is 0 Å². The Kier molecular flexibility index (Phi) is 3.96. The minimum absolute atomic E-state index is 0.419. The Labute approximate surface area is 120 Å². The Bertz CT molecular complexity index is 488. The number of nitrogens with two attached hydrogens (primary N) is 1. The second-order valence-corrected chi connectivity index (χ2v) is 6.09. The molecule has 1 aliphatic carbocycles. The molecule has 1 aromatic rings. The third-order valence-electron chi connectivity index (χ3n) is 4.19. The monoisotopic (exact) mass is 281 g/mol. The molecule has 2 N–H and O–H groups in total. The summed E-state index contributed by atoms with van der Waals surface area (Å²) in [5.74, 6) is 1.18. The molecule has 0 bridgehead atoms. The van der Waals surface area contributed by atoms with Gasteiger partial charge in [0, 0.05) is 22.7 Å². The molecule has 0 atom stereocenters. The normalized spacial score (nSPS) is 18.1. The van der Waals surface area contributed by atoms with Gasteiger partial charge in [0.25, 0.3) is 0 Å². The first-order valence-electron chi connectivity index (χ1n) is 7.06. The predicted molar refractivity (Wildman–Crippen MR) is 78.0 cm³/mol. The summed E-state index contributed by atoms with van der Waals surface area (Å²) in [5, 5.41) is 0. The van der Waals surface area contributed by atoms with Crippen LogP contribution in [-0.4, -0.2) is 14.2 Å². The summed E-state index contributed by atoms with van der Waals surface area (Å²) in [5.41, 5.74) is 6.02. The molecule has 1 fully saturated rings. The van der Waals surface area contributed by atoms with E-state index in [0.29, 0.717) is 17.1 Å². The van der Waals surface area contributed by atoms with Crippen molar-refractivity contribution in [2.45, 2.75) is 50.7 Å². The lowest BCUT2D eigenvalue weighted by Crippen LogP contribution is -2.34. The number of rotatable bonds is 4. The van der Waals surface area contributed by atoms with Gasteiger partial charge in [-0.1, -0.05) is 12.8 Å². The summed E-state index contributed by atoms with van der Waals surface area (Å²) in [4.78, 5) is 0. The van der Waals surface area contributed by atoms with Gasteiger partial charge in [-0.15, -0.1) is 0 Å². The van der Waals surface area contributed by atoms with E-state index in [1.54, 1.807) is 13.2 Å². The Morgan fingerprint density at radius 3 is 2.10 bits per heavy atom. The number of halogens is 1. The summed E-state index contributed by atoms with van der Waals surface area (Å²) in [6, 6.07) is 3.57. The lowest BCUT2D eigenvalue weighted by Gasteiger charge is -2.29. The van der Waals surface area contributed by atoms with E-state index in [-0.39, 0.29) is 0 Å². The zero-order valence-corrected chi connectivity index (χ0v) is 12.8. The number of hydrogen-bond donors (Lipinski definition) is 1. The van der Waals surface area contributed by atoms with Crippen LogP contribution in [0.25, 0.3) is 0 Å². The fraction of sp³-hybridized carbons (Fsp3) is 0.625. The van der Waals surface area contributed by atoms with Gasteiger partial charge in [0.15, 0.2) is 0 Å². The number of methoxy groups -OCH3 is 2. The first kappa shape index (κ1) is 15.1. The fourth-order valence-electron chi connectivity index (χ4n) is 3.03. The summed E-state index contributed by atoms with van der Waals surface area (Å²) in [7, 11) is 3.15. The highest BCUT2D eigenvalue weighted by atomic mass is 19.1. The van der Waals surface area contributed by atoms with E-state index in [0.717, 1.165) is 31.2 Å². The topological polar surface area (TPSA) is 44.5 Å². The average molecular weight is 281 g/mol. The molecule has 1 saturated carbocycles. The van der Waals surface area contributed by atoms with Crippen molar-refractivity contribution in [1.29, 1.82) is 0 Å². The maximum absolute atomic E-state index is 14.4. The Morgan fingerprint density at radius 2 is 1.65 bits per heavy atom. The van der Waals surface area contributed by atoms with Crippen molar-refractivity contribution in [1.82, 2.24) is 0 Å². The van der Waals surface area contributed by atoms with Gasteiger partial charge in [0.1, 0.15) is 17.2 Å². The lowest BCUT2D eigenvalue weighted by atomic mass is 9.85. The molecular weight excluding hydrogens is 257 g/mol. The van der Waals surface area contributed by atoms with Gasteiger partial charge in [-0.2, -0.15) is 0 Å². The minimum atomic E-state index is -1.48. The average Bonchev–Trinajstić information content (AvgIpc) is 2.84. The van der Waals surface area contributed by atoms with Crippen LogP contribution >= 0.6 is 0 Å². The van der Waals surface area contributed by atoms with Crippen molar-refractivity contribution in [3.8, 4) is 11.5 Å². The largest absolute Gasteiger partial charge is 0.496 e. The second kappa shape index (κ2) is 5.24. The number of ether oxygens (including phenoxy) is 2. The van der Waals surface area contributed by atoms with E-state index in [1.807, 2.05) is 6.07 Å². The Balaban J connectivity index is 2.61. The molecule has 0 radical (unpaired) electrons. The van der Waals surface area contributed by atoms with Gasteiger partial charge in [-0.05, 0) is 32.8 Å². The van der Waals surface area contributed by atoms with E-state index < -0.39 is 11.2 Å². The zero-order valence-electron chi connectivity index (χ0n) is 12.8. The molecule has 0 unspecified atom stereocenters. The molecule has 3 nitrogen and oxygen atoms in total. The molecule has 0 aromatic heterocycles. The molecule has 4 heteroatoms. The highest BCUT2D eigenvalue weighted by Crippen LogP contribution is 2.45. The Hall–Kier alpha value is -1.29. The van der Waals surface area contributed by atoms with Gasteiger partial charge in [0.05, 0.1) is 14.2 Å². The van der Waals surface area contributed by atoms with Gasteiger partial charge in [-0.25, -0.2) is 4.39 Å². The van der Waals surface area contributed by atoms with Gasteiger partial charge >= 0.3 is 0 Å². The third kappa shape index (κ3) is 2.62. The molecule has 20 heavy (non-hydrogen) atoms. The van der Waals surface area contributed by atoms with E-state index >= 15 is 0 Å². The van der Waals surface area contributed by atoms with E-state index in [1.165, 1.54) is 21.0 Å². The lowest BCUT2D eigenvalue weighted by molar-refractivity contribution is 0.212. The third-order valence-corrected chi connectivity index (χ3v) is 4.19. The first-order valence-corrected chi connectivity index (χ1v) is 7.06. The number of alkyl halides is 1. The van der Waals surface area contributed by atoms with Crippen LogP contribution < -0.4 is 15.2 Å². The molecule has 1 aliphatic rings. The van der Waals surface area contributed by atoms with Crippen LogP contribution in [0, 0.1) is 0 Å². The van der Waals surface area contributed by atoms with Crippen LogP contribution in [0.1, 0.15) is 50.7 Å². The molecule has 1 aromatic carbocycles. The number of benzene rings is 1. The SMILES string of the molecule is COc1cc(OC)c(C2(N)CCCC2)cc1C(C)(C)F. The summed E-state index contributed by atoms with van der Waals surface area (Å²) in [6.45, 7) is 3.05. The quantitative estimate of drug-likeness (QED) is 0.916. The molecule has 0 amide bonds. The maximum atomic E-state index is 14.4. The standard InChI is InChI=1S/C16H24FNO2/c1-15(2,17)11-9-12(16(18)7-5-6-8-16)14(20-4)10-13(11)19-3/h9-10H,5-8,18H2,1-4H3. The summed E-state index contributed by atoms with van der Waals surface area (Å²) < 4.78 is 25.2. The van der Waals surface area contributed by atoms with Crippen molar-refractivity contribution in [2.24, 2.45) is 5.73 Å². The van der Waals surface area contributed by atoms with Crippen LogP contribution in [0.5, 0.6) is 11.5 Å². The first-order chi connectivity index (χ1) is 9.31. The van der Waals surface area contributed by atoms with Crippen molar-refractivity contribution in [3.05, 3.63) is 23.3 Å². The highest BCUT2D eigenvalue weighted by Gasteiger charge is 2.36. The van der Waals surface area contributed by atoms with Gasteiger partial charge < -0.3 is 15.2 Å². The zero-order chi connectivity index (χ0) is 15.0. The van der Waals surface area contributed by atoms with Crippen LogP contribution in [0.2, 0.25) is 0 Å². The molecule has 0 aliphatic heterocycles. The molecule has 112 valence electrons. The smallest absolute Gasteiger partial charge is 0.134 e. The minimum Gasteiger partial charge on any atom is -0.496 e. The maximum Gasteiger partial charge on any atom is 0.134 e. The highest BCUT2D eigenvalue weighted by molar-refractivity contribution is 5.51. The van der Waals surface area contributed by atoms with Crippen molar-refractivity contribution >= 4 is 0 Å². The molecule has 0 spiro atoms. The molecule has 0 saturated heterocycles. The number of hydrogen-bond acceptors (Lipinski definition) is 3. The molecule has 2 rings (SSSR count). The Morgan fingerprint density at radius 1 is 1.10 bits per heavy atom. The fourth-order valence-corrected chi connectivity index (χ4v) is 3.03. The van der Waals surface area contributed by atoms with E-state index in [9.17, 15) is 4.39 Å². The molecular formula is C16H24FNO2. The van der Waals surface area contributed by atoms with Crippen LogP contribution in [0.15, 0.2) is 12.1 Å². The van der Waals surface area contributed by atoms with Crippen molar-refractivity contribution in [2.75, 3.05) is 14.2 Å². The van der Waals surface area contributed by atoms with Crippen molar-refractivity contribution in [3.63, 3.8) is 0 Å². The second-order valence-electron chi connectivity index (χ2n) is 6.09.